The molecule has 0 aromatic heterocycles. The molecule has 74 valence electrons. The Morgan fingerprint density at radius 1 is 1.36 bits per heavy atom. The van der Waals surface area contributed by atoms with Crippen LogP contribution in [0.1, 0.15) is 5.56 Å². The number of rotatable bonds is 4. The lowest BCUT2D eigenvalue weighted by molar-refractivity contribution is -0.137. The van der Waals surface area contributed by atoms with E-state index in [2.05, 4.69) is 22.5 Å². The zero-order chi connectivity index (χ0) is 10.4. The smallest absolute Gasteiger partial charge is 0.344 e. The summed E-state index contributed by atoms with van der Waals surface area (Å²) < 4.78 is 5.18. The van der Waals surface area contributed by atoms with Crippen LogP contribution in [0.15, 0.2) is 41.4 Å². The lowest BCUT2D eigenvalue weighted by Gasteiger charge is -2.03. The first-order valence-corrected chi connectivity index (χ1v) is 5.05. The number of esters is 1. The standard InChI is InChI=1S/C11H11BrO2/c1-9(12)11(13)14-8-7-10-5-3-2-4-6-10/h2-6H,1,7-8H2. The molecule has 2 nitrogen and oxygen atoms in total. The molecule has 3 heteroatoms. The van der Waals surface area contributed by atoms with E-state index in [1.165, 1.54) is 0 Å². The Morgan fingerprint density at radius 3 is 2.57 bits per heavy atom. The number of carbonyl (C=O) groups is 1. The van der Waals surface area contributed by atoms with Crippen LogP contribution in [0.3, 0.4) is 0 Å². The maximum atomic E-state index is 11.0. The number of benzene rings is 1. The second kappa shape index (κ2) is 5.60. The fourth-order valence-corrected chi connectivity index (χ4v) is 1.10. The third-order valence-electron chi connectivity index (χ3n) is 1.69. The quantitative estimate of drug-likeness (QED) is 0.610. The molecule has 0 spiro atoms. The van der Waals surface area contributed by atoms with Gasteiger partial charge in [0.1, 0.15) is 0 Å². The largest absolute Gasteiger partial charge is 0.461 e. The first-order valence-electron chi connectivity index (χ1n) is 4.25. The Labute approximate surface area is 91.7 Å². The number of hydrogen-bond acceptors (Lipinski definition) is 2. The van der Waals surface area contributed by atoms with Crippen molar-refractivity contribution in [3.63, 3.8) is 0 Å². The predicted molar refractivity (Wildman–Crippen MR) is 59.2 cm³/mol. The summed E-state index contributed by atoms with van der Waals surface area (Å²) in [5, 5.41) is 0. The highest BCUT2D eigenvalue weighted by Gasteiger charge is 2.03. The van der Waals surface area contributed by atoms with Crippen molar-refractivity contribution in [2.75, 3.05) is 6.61 Å². The summed E-state index contributed by atoms with van der Waals surface area (Å²) in [7, 11) is 0. The van der Waals surface area contributed by atoms with Crippen molar-refractivity contribution in [2.45, 2.75) is 6.42 Å². The molecule has 1 aromatic carbocycles. The monoisotopic (exact) mass is 254 g/mol. The van der Waals surface area contributed by atoms with Gasteiger partial charge >= 0.3 is 5.97 Å². The van der Waals surface area contributed by atoms with Gasteiger partial charge in [0.25, 0.3) is 0 Å². The van der Waals surface area contributed by atoms with Gasteiger partial charge in [-0.05, 0) is 21.5 Å². The van der Waals surface area contributed by atoms with Crippen molar-refractivity contribution in [3.05, 3.63) is 47.0 Å². The minimum atomic E-state index is -0.402. The number of ether oxygens (including phenoxy) is 1. The van der Waals surface area contributed by atoms with Crippen LogP contribution in [-0.4, -0.2) is 12.6 Å². The molecule has 0 aliphatic carbocycles. The van der Waals surface area contributed by atoms with Gasteiger partial charge in [-0.15, -0.1) is 0 Å². The van der Waals surface area contributed by atoms with Crippen molar-refractivity contribution in [1.82, 2.24) is 0 Å². The van der Waals surface area contributed by atoms with Crippen LogP contribution in [0.4, 0.5) is 0 Å². The molecule has 14 heavy (non-hydrogen) atoms. The summed E-state index contributed by atoms with van der Waals surface area (Å²) in [4.78, 5) is 11.0. The van der Waals surface area contributed by atoms with Gasteiger partial charge in [0, 0.05) is 6.42 Å². The van der Waals surface area contributed by atoms with Crippen LogP contribution in [0, 0.1) is 0 Å². The highest BCUT2D eigenvalue weighted by atomic mass is 79.9. The molecule has 0 saturated carbocycles. The summed E-state index contributed by atoms with van der Waals surface area (Å²) in [5.41, 5.74) is 1.15. The van der Waals surface area contributed by atoms with E-state index in [0.717, 1.165) is 12.0 Å². The maximum Gasteiger partial charge on any atom is 0.344 e. The lowest BCUT2D eigenvalue weighted by Crippen LogP contribution is -2.06. The molecule has 0 heterocycles. The van der Waals surface area contributed by atoms with Gasteiger partial charge in [-0.1, -0.05) is 36.9 Å². The van der Waals surface area contributed by atoms with E-state index in [1.54, 1.807) is 0 Å². The van der Waals surface area contributed by atoms with Crippen LogP contribution < -0.4 is 0 Å². The van der Waals surface area contributed by atoms with Gasteiger partial charge in [0.15, 0.2) is 0 Å². The van der Waals surface area contributed by atoms with Crippen molar-refractivity contribution in [1.29, 1.82) is 0 Å². The molecule has 1 aromatic rings. The summed E-state index contributed by atoms with van der Waals surface area (Å²) in [5.74, 6) is -0.402. The maximum absolute atomic E-state index is 11.0. The van der Waals surface area contributed by atoms with E-state index in [1.807, 2.05) is 30.3 Å². The summed E-state index contributed by atoms with van der Waals surface area (Å²) in [6.45, 7) is 3.81. The van der Waals surface area contributed by atoms with Crippen molar-refractivity contribution < 1.29 is 9.53 Å². The average Bonchev–Trinajstić information content (AvgIpc) is 2.19. The van der Waals surface area contributed by atoms with Crippen LogP contribution in [0.5, 0.6) is 0 Å². The third-order valence-corrected chi connectivity index (χ3v) is 2.01. The van der Waals surface area contributed by atoms with Gasteiger partial charge in [-0.3, -0.25) is 0 Å². The number of halogens is 1. The third kappa shape index (κ3) is 3.75. The lowest BCUT2D eigenvalue weighted by atomic mass is 10.2. The Morgan fingerprint density at radius 2 is 2.00 bits per heavy atom. The molecule has 0 amide bonds. The highest BCUT2D eigenvalue weighted by Crippen LogP contribution is 2.04. The van der Waals surface area contributed by atoms with Crippen molar-refractivity contribution in [2.24, 2.45) is 0 Å². The van der Waals surface area contributed by atoms with Crippen LogP contribution in [0.25, 0.3) is 0 Å². The van der Waals surface area contributed by atoms with E-state index < -0.39 is 5.97 Å². The molecule has 0 aliphatic rings. The molecule has 0 fully saturated rings. The zero-order valence-corrected chi connectivity index (χ0v) is 9.29. The Bertz CT molecular complexity index is 319. The van der Waals surface area contributed by atoms with E-state index in [-0.39, 0.29) is 4.48 Å². The van der Waals surface area contributed by atoms with Crippen molar-refractivity contribution in [3.8, 4) is 0 Å². The van der Waals surface area contributed by atoms with Crippen LogP contribution in [-0.2, 0) is 16.0 Å². The SMILES string of the molecule is C=C(Br)C(=O)OCCc1ccccc1. The molecule has 0 atom stereocenters. The second-order valence-corrected chi connectivity index (χ2v) is 3.73. The van der Waals surface area contributed by atoms with E-state index >= 15 is 0 Å². The Kier molecular flexibility index (Phi) is 4.40. The predicted octanol–water partition coefficient (Wildman–Crippen LogP) is 2.68. The van der Waals surface area contributed by atoms with Gasteiger partial charge in [0.05, 0.1) is 11.1 Å². The van der Waals surface area contributed by atoms with E-state index in [0.29, 0.717) is 6.61 Å². The summed E-state index contributed by atoms with van der Waals surface area (Å²) in [6, 6.07) is 9.87. The first kappa shape index (κ1) is 11.0. The van der Waals surface area contributed by atoms with Gasteiger partial charge in [-0.25, -0.2) is 4.79 Å². The summed E-state index contributed by atoms with van der Waals surface area (Å²) in [6.07, 6.45) is 0.729. The molecule has 0 bridgehead atoms. The summed E-state index contributed by atoms with van der Waals surface area (Å²) >= 11 is 2.96. The fourth-order valence-electron chi connectivity index (χ4n) is 0.985. The molecular formula is C11H11BrO2. The van der Waals surface area contributed by atoms with Gasteiger partial charge in [0.2, 0.25) is 0 Å². The van der Waals surface area contributed by atoms with Crippen molar-refractivity contribution >= 4 is 21.9 Å². The fraction of sp³-hybridized carbons (Fsp3) is 0.182. The highest BCUT2D eigenvalue weighted by molar-refractivity contribution is 9.12. The minimum absolute atomic E-state index is 0.255. The molecular weight excluding hydrogens is 244 g/mol. The zero-order valence-electron chi connectivity index (χ0n) is 7.70. The second-order valence-electron chi connectivity index (χ2n) is 2.78. The first-order chi connectivity index (χ1) is 6.70. The Hall–Kier alpha value is -1.09. The van der Waals surface area contributed by atoms with Gasteiger partial charge < -0.3 is 4.74 Å². The normalized spacial score (nSPS) is 9.50. The topological polar surface area (TPSA) is 26.3 Å². The average molecular weight is 255 g/mol. The molecule has 1 rings (SSSR count). The molecule has 0 aliphatic heterocycles. The molecule has 0 N–H and O–H groups in total. The number of carbonyl (C=O) groups excluding carboxylic acids is 1. The molecule has 0 saturated heterocycles. The minimum Gasteiger partial charge on any atom is -0.461 e. The van der Waals surface area contributed by atoms with E-state index in [9.17, 15) is 4.79 Å². The molecule has 0 radical (unpaired) electrons. The van der Waals surface area contributed by atoms with Gasteiger partial charge in [-0.2, -0.15) is 0 Å². The Balaban J connectivity index is 2.29. The van der Waals surface area contributed by atoms with Crippen LogP contribution in [0.2, 0.25) is 0 Å². The van der Waals surface area contributed by atoms with E-state index in [4.69, 9.17) is 4.74 Å². The van der Waals surface area contributed by atoms with Crippen LogP contribution >= 0.6 is 15.9 Å². The number of hydrogen-bond donors (Lipinski definition) is 0. The molecule has 0 unspecified atom stereocenters.